The number of rotatable bonds is 7. The Kier molecular flexibility index (Phi) is 6.23. The predicted octanol–water partition coefficient (Wildman–Crippen LogP) is 3.78. The molecule has 152 valence electrons. The standard InChI is InChI=1S/C18H15ClF2N4O3S/c19-13-5-6-14(25-29(27,28)8-2-7-20)15(21)17(13)24-18(26)12-4-1-3-11-9-22-10-23-16(11)12/h1,3-6,9-10,25H,2,7-8H2,(H,24,26). The van der Waals surface area contributed by atoms with Crippen LogP contribution in [-0.4, -0.2) is 36.7 Å². The first kappa shape index (κ1) is 20.9. The molecule has 0 radical (unpaired) electrons. The van der Waals surface area contributed by atoms with Crippen LogP contribution < -0.4 is 10.0 Å². The summed E-state index contributed by atoms with van der Waals surface area (Å²) in [5, 5.41) is 2.84. The van der Waals surface area contributed by atoms with Gasteiger partial charge >= 0.3 is 0 Å². The molecule has 1 aromatic heterocycles. The number of amides is 1. The molecule has 0 unspecified atom stereocenters. The summed E-state index contributed by atoms with van der Waals surface area (Å²) >= 11 is 6.00. The molecule has 3 aromatic rings. The lowest BCUT2D eigenvalue weighted by Gasteiger charge is -2.14. The van der Waals surface area contributed by atoms with Crippen LogP contribution in [0.5, 0.6) is 0 Å². The smallest absolute Gasteiger partial charge is 0.257 e. The van der Waals surface area contributed by atoms with Gasteiger partial charge in [0.15, 0.2) is 5.82 Å². The maximum Gasteiger partial charge on any atom is 0.257 e. The van der Waals surface area contributed by atoms with Gasteiger partial charge in [-0.05, 0) is 24.6 Å². The highest BCUT2D eigenvalue weighted by Crippen LogP contribution is 2.32. The zero-order valence-corrected chi connectivity index (χ0v) is 16.4. The van der Waals surface area contributed by atoms with Crippen LogP contribution in [0.3, 0.4) is 0 Å². The van der Waals surface area contributed by atoms with Crippen molar-refractivity contribution in [3.05, 3.63) is 59.3 Å². The molecule has 0 aliphatic carbocycles. The molecule has 2 aromatic carbocycles. The van der Waals surface area contributed by atoms with E-state index in [0.29, 0.717) is 10.9 Å². The van der Waals surface area contributed by atoms with Gasteiger partial charge in [-0.2, -0.15) is 0 Å². The number of sulfonamides is 1. The molecule has 2 N–H and O–H groups in total. The van der Waals surface area contributed by atoms with Crippen LogP contribution in [0, 0.1) is 5.82 Å². The fraction of sp³-hybridized carbons (Fsp3) is 0.167. The third-order valence-corrected chi connectivity index (χ3v) is 5.59. The second-order valence-corrected chi connectivity index (χ2v) is 8.22. The number of hydrogen-bond acceptors (Lipinski definition) is 5. The normalized spacial score (nSPS) is 11.4. The fourth-order valence-electron chi connectivity index (χ4n) is 2.59. The number of anilines is 2. The Morgan fingerprint density at radius 2 is 2.00 bits per heavy atom. The zero-order valence-electron chi connectivity index (χ0n) is 14.8. The summed E-state index contributed by atoms with van der Waals surface area (Å²) in [5.74, 6) is -2.26. The monoisotopic (exact) mass is 440 g/mol. The molecule has 0 saturated heterocycles. The Morgan fingerprint density at radius 1 is 1.21 bits per heavy atom. The van der Waals surface area contributed by atoms with Gasteiger partial charge in [-0.15, -0.1) is 0 Å². The SMILES string of the molecule is O=C(Nc1c(Cl)ccc(NS(=O)(=O)CCCF)c1F)c1cccc2cncnc12. The lowest BCUT2D eigenvalue weighted by molar-refractivity contribution is 0.102. The van der Waals surface area contributed by atoms with Gasteiger partial charge in [-0.25, -0.2) is 22.8 Å². The number of benzene rings is 2. The van der Waals surface area contributed by atoms with Gasteiger partial charge in [-0.1, -0.05) is 23.7 Å². The van der Waals surface area contributed by atoms with Crippen LogP contribution in [-0.2, 0) is 10.0 Å². The Bertz CT molecular complexity index is 1170. The minimum Gasteiger partial charge on any atom is -0.318 e. The first-order valence-corrected chi connectivity index (χ1v) is 10.4. The molecule has 0 spiro atoms. The lowest BCUT2D eigenvalue weighted by atomic mass is 10.1. The molecule has 0 aliphatic heterocycles. The molecule has 0 saturated carbocycles. The molecule has 1 heterocycles. The van der Waals surface area contributed by atoms with Gasteiger partial charge in [0.05, 0.1) is 39.9 Å². The van der Waals surface area contributed by atoms with Gasteiger partial charge in [0, 0.05) is 11.6 Å². The van der Waals surface area contributed by atoms with Crippen molar-refractivity contribution in [2.45, 2.75) is 6.42 Å². The van der Waals surface area contributed by atoms with Crippen LogP contribution in [0.25, 0.3) is 10.9 Å². The van der Waals surface area contributed by atoms with E-state index in [-0.39, 0.29) is 17.0 Å². The summed E-state index contributed by atoms with van der Waals surface area (Å²) in [6, 6.07) is 7.18. The van der Waals surface area contributed by atoms with Crippen molar-refractivity contribution in [3.63, 3.8) is 0 Å². The molecular weight excluding hydrogens is 426 g/mol. The Balaban J connectivity index is 1.92. The second-order valence-electron chi connectivity index (χ2n) is 5.97. The average Bonchev–Trinajstić information content (AvgIpc) is 2.71. The number of carbonyl (C=O) groups excluding carboxylic acids is 1. The third-order valence-electron chi connectivity index (χ3n) is 3.92. The highest BCUT2D eigenvalue weighted by Gasteiger charge is 2.20. The summed E-state index contributed by atoms with van der Waals surface area (Å²) in [5.41, 5.74) is -0.286. The van der Waals surface area contributed by atoms with E-state index in [1.165, 1.54) is 24.7 Å². The predicted molar refractivity (Wildman–Crippen MR) is 107 cm³/mol. The maximum atomic E-state index is 14.9. The van der Waals surface area contributed by atoms with E-state index >= 15 is 0 Å². The number of aromatic nitrogens is 2. The highest BCUT2D eigenvalue weighted by molar-refractivity contribution is 7.92. The van der Waals surface area contributed by atoms with Gasteiger partial charge in [0.25, 0.3) is 5.91 Å². The van der Waals surface area contributed by atoms with E-state index < -0.39 is 45.5 Å². The van der Waals surface area contributed by atoms with E-state index in [0.717, 1.165) is 6.07 Å². The topological polar surface area (TPSA) is 101 Å². The number of alkyl halides is 1. The first-order chi connectivity index (χ1) is 13.8. The molecule has 0 fully saturated rings. The van der Waals surface area contributed by atoms with E-state index in [1.54, 1.807) is 12.1 Å². The molecular formula is C18H15ClF2N4O3S. The zero-order chi connectivity index (χ0) is 21.0. The summed E-state index contributed by atoms with van der Waals surface area (Å²) in [4.78, 5) is 20.6. The number of hydrogen-bond donors (Lipinski definition) is 2. The summed E-state index contributed by atoms with van der Waals surface area (Å²) < 4.78 is 53.0. The summed E-state index contributed by atoms with van der Waals surface area (Å²) in [7, 11) is -3.96. The highest BCUT2D eigenvalue weighted by atomic mass is 35.5. The van der Waals surface area contributed by atoms with Crippen molar-refractivity contribution in [1.82, 2.24) is 9.97 Å². The van der Waals surface area contributed by atoms with Gasteiger partial charge in [0.2, 0.25) is 10.0 Å². The van der Waals surface area contributed by atoms with Crippen molar-refractivity contribution in [1.29, 1.82) is 0 Å². The van der Waals surface area contributed by atoms with Crippen molar-refractivity contribution in [2.24, 2.45) is 0 Å². The van der Waals surface area contributed by atoms with Gasteiger partial charge in [0.1, 0.15) is 6.33 Å². The molecule has 0 aliphatic rings. The van der Waals surface area contributed by atoms with Crippen LogP contribution in [0.2, 0.25) is 5.02 Å². The van der Waals surface area contributed by atoms with E-state index in [9.17, 15) is 22.0 Å². The quantitative estimate of drug-likeness (QED) is 0.582. The van der Waals surface area contributed by atoms with Crippen molar-refractivity contribution in [3.8, 4) is 0 Å². The molecule has 7 nitrogen and oxygen atoms in total. The van der Waals surface area contributed by atoms with Crippen LogP contribution in [0.15, 0.2) is 42.9 Å². The minimum atomic E-state index is -3.96. The number of fused-ring (bicyclic) bond motifs is 1. The number of carbonyl (C=O) groups is 1. The molecule has 0 bridgehead atoms. The molecule has 0 atom stereocenters. The van der Waals surface area contributed by atoms with E-state index in [4.69, 9.17) is 11.6 Å². The largest absolute Gasteiger partial charge is 0.318 e. The van der Waals surface area contributed by atoms with Crippen molar-refractivity contribution >= 4 is 49.8 Å². The van der Waals surface area contributed by atoms with Gasteiger partial charge in [-0.3, -0.25) is 13.9 Å². The van der Waals surface area contributed by atoms with Crippen LogP contribution in [0.1, 0.15) is 16.8 Å². The molecule has 11 heteroatoms. The van der Waals surface area contributed by atoms with Crippen LogP contribution in [0.4, 0.5) is 20.2 Å². The Morgan fingerprint density at radius 3 is 2.76 bits per heavy atom. The Labute approximate surface area is 170 Å². The number of para-hydroxylation sites is 1. The molecule has 1 amide bonds. The lowest BCUT2D eigenvalue weighted by Crippen LogP contribution is -2.19. The number of nitrogens with one attached hydrogen (secondary N) is 2. The summed E-state index contributed by atoms with van der Waals surface area (Å²) in [6.45, 7) is -0.820. The number of nitrogens with zero attached hydrogens (tertiary/aromatic N) is 2. The Hall–Kier alpha value is -2.85. The fourth-order valence-corrected chi connectivity index (χ4v) is 3.86. The van der Waals surface area contributed by atoms with E-state index in [2.05, 4.69) is 15.3 Å². The van der Waals surface area contributed by atoms with Crippen LogP contribution >= 0.6 is 11.6 Å². The van der Waals surface area contributed by atoms with Crippen molar-refractivity contribution in [2.75, 3.05) is 22.5 Å². The first-order valence-electron chi connectivity index (χ1n) is 8.37. The average molecular weight is 441 g/mol. The minimum absolute atomic E-state index is 0.127. The van der Waals surface area contributed by atoms with E-state index in [1.807, 2.05) is 4.72 Å². The number of halogens is 3. The maximum absolute atomic E-state index is 14.9. The van der Waals surface area contributed by atoms with Crippen molar-refractivity contribution < 1.29 is 22.0 Å². The van der Waals surface area contributed by atoms with Gasteiger partial charge < -0.3 is 5.32 Å². The molecule has 29 heavy (non-hydrogen) atoms. The second kappa shape index (κ2) is 8.66. The summed E-state index contributed by atoms with van der Waals surface area (Å²) in [6.07, 6.45) is 2.58. The molecule has 3 rings (SSSR count). The third kappa shape index (κ3) is 4.77.